The highest BCUT2D eigenvalue weighted by atomic mass is 16.6. The molecule has 47 heavy (non-hydrogen) atoms. The molecule has 16 nitrogen and oxygen atoms in total. The number of aromatic nitrogens is 1. The fraction of sp³-hybridized carbons (Fsp3) is 0.355. The van der Waals surface area contributed by atoms with E-state index in [0.717, 1.165) is 28.6 Å². The number of anilines is 1. The summed E-state index contributed by atoms with van der Waals surface area (Å²) in [5.74, 6) is -5.43. The molecule has 3 rings (SSSR count). The molecule has 4 atom stereocenters. The number of hydrogen-bond acceptors (Lipinski definition) is 8. The first kappa shape index (κ1) is 35.7. The zero-order valence-electron chi connectivity index (χ0n) is 26.2. The molecule has 0 saturated heterocycles. The lowest BCUT2D eigenvalue weighted by molar-refractivity contribution is -0.384. The van der Waals surface area contributed by atoms with Crippen LogP contribution in [0.3, 0.4) is 0 Å². The molecule has 0 bridgehead atoms. The fourth-order valence-electron chi connectivity index (χ4n) is 4.71. The molecular formula is C31H37N7O9. The minimum Gasteiger partial charge on any atom is -0.481 e. The summed E-state index contributed by atoms with van der Waals surface area (Å²) in [6.45, 7) is 5.93. The molecule has 5 amide bonds. The van der Waals surface area contributed by atoms with E-state index in [9.17, 15) is 44.0 Å². The number of non-ortho nitro benzene ring substituents is 1. The molecule has 0 aliphatic rings. The molecule has 2 aromatic carbocycles. The van der Waals surface area contributed by atoms with Gasteiger partial charge in [-0.2, -0.15) is 0 Å². The molecule has 250 valence electrons. The van der Waals surface area contributed by atoms with E-state index in [0.29, 0.717) is 0 Å². The van der Waals surface area contributed by atoms with Gasteiger partial charge in [-0.3, -0.25) is 38.9 Å². The van der Waals surface area contributed by atoms with E-state index in [2.05, 4.69) is 31.6 Å². The van der Waals surface area contributed by atoms with Crippen LogP contribution in [0.2, 0.25) is 0 Å². The van der Waals surface area contributed by atoms with Gasteiger partial charge in [0.05, 0.1) is 11.3 Å². The van der Waals surface area contributed by atoms with E-state index in [-0.39, 0.29) is 17.8 Å². The standard InChI is InChI=1S/C31H37N7O9/c1-16(2)27(37-30(44)24(34-18(4)39)13-19-15-32-23-8-6-5-7-22(19)23)31(45)33-17(3)28(42)36-25(14-26(40)41)29(43)35-20-9-11-21(12-10-20)38(46)47/h5-12,15-17,24-25,27,32H,13-14H2,1-4H3,(H,33,45)(H,34,39)(H,35,43)(H,36,42)(H,37,44)(H,40,41). The number of carboxylic acids is 1. The lowest BCUT2D eigenvalue weighted by Gasteiger charge is -2.27. The van der Waals surface area contributed by atoms with Crippen LogP contribution in [0.5, 0.6) is 0 Å². The third kappa shape index (κ3) is 10.1. The topological polar surface area (TPSA) is 242 Å². The number of rotatable bonds is 15. The van der Waals surface area contributed by atoms with Gasteiger partial charge in [-0.15, -0.1) is 0 Å². The van der Waals surface area contributed by atoms with Crippen LogP contribution in [0.15, 0.2) is 54.7 Å². The number of carboxylic acid groups (broad SMARTS) is 1. The first-order chi connectivity index (χ1) is 22.2. The molecular weight excluding hydrogens is 614 g/mol. The van der Waals surface area contributed by atoms with E-state index >= 15 is 0 Å². The van der Waals surface area contributed by atoms with Crippen molar-refractivity contribution in [3.8, 4) is 0 Å². The quantitative estimate of drug-likeness (QED) is 0.0926. The SMILES string of the molecule is CC(=O)NC(Cc1c[nH]c2ccccc12)C(=O)NC(C(=O)NC(C)C(=O)NC(CC(=O)O)C(=O)Nc1ccc([N+](=O)[O-])cc1)C(C)C. The van der Waals surface area contributed by atoms with Gasteiger partial charge >= 0.3 is 5.97 Å². The van der Waals surface area contributed by atoms with Crippen molar-refractivity contribution in [1.29, 1.82) is 0 Å². The number of aliphatic carboxylic acids is 1. The third-order valence-corrected chi connectivity index (χ3v) is 7.15. The molecule has 16 heteroatoms. The Morgan fingerprint density at radius 2 is 1.49 bits per heavy atom. The second-order valence-electron chi connectivity index (χ2n) is 11.2. The van der Waals surface area contributed by atoms with Crippen molar-refractivity contribution in [3.63, 3.8) is 0 Å². The predicted octanol–water partition coefficient (Wildman–Crippen LogP) is 1.37. The number of nitro benzene ring substituents is 1. The lowest BCUT2D eigenvalue weighted by atomic mass is 10.0. The Morgan fingerprint density at radius 3 is 2.09 bits per heavy atom. The van der Waals surface area contributed by atoms with Crippen LogP contribution in [0.25, 0.3) is 10.9 Å². The van der Waals surface area contributed by atoms with Crippen LogP contribution in [-0.2, 0) is 35.2 Å². The molecule has 0 radical (unpaired) electrons. The summed E-state index contributed by atoms with van der Waals surface area (Å²) in [6, 6.07) is 7.26. The second-order valence-corrected chi connectivity index (χ2v) is 11.2. The monoisotopic (exact) mass is 651 g/mol. The van der Waals surface area contributed by atoms with E-state index in [1.165, 1.54) is 26.0 Å². The number of nitro groups is 1. The van der Waals surface area contributed by atoms with Crippen molar-refractivity contribution in [2.24, 2.45) is 5.92 Å². The zero-order valence-corrected chi connectivity index (χ0v) is 26.2. The van der Waals surface area contributed by atoms with Gasteiger partial charge < -0.3 is 36.7 Å². The number of carbonyl (C=O) groups excluding carboxylic acids is 5. The van der Waals surface area contributed by atoms with E-state index in [1.807, 2.05) is 24.3 Å². The average molecular weight is 652 g/mol. The van der Waals surface area contributed by atoms with Gasteiger partial charge in [0, 0.05) is 48.3 Å². The average Bonchev–Trinajstić information content (AvgIpc) is 3.41. The summed E-state index contributed by atoms with van der Waals surface area (Å²) in [6.07, 6.45) is 1.08. The molecule has 0 saturated carbocycles. The Hall–Kier alpha value is -5.80. The van der Waals surface area contributed by atoms with Crippen LogP contribution in [-0.4, -0.2) is 74.7 Å². The number of para-hydroxylation sites is 1. The van der Waals surface area contributed by atoms with Gasteiger partial charge in [0.15, 0.2) is 0 Å². The highest BCUT2D eigenvalue weighted by Gasteiger charge is 2.32. The molecule has 0 spiro atoms. The normalized spacial score (nSPS) is 13.5. The maximum atomic E-state index is 13.4. The maximum absolute atomic E-state index is 13.4. The number of nitrogens with zero attached hydrogens (tertiary/aromatic N) is 1. The number of fused-ring (bicyclic) bond motifs is 1. The minimum absolute atomic E-state index is 0.129. The molecule has 1 aromatic heterocycles. The zero-order chi connectivity index (χ0) is 34.8. The summed E-state index contributed by atoms with van der Waals surface area (Å²) in [5.41, 5.74) is 1.53. The fourth-order valence-corrected chi connectivity index (χ4v) is 4.71. The van der Waals surface area contributed by atoms with Gasteiger partial charge in [0.2, 0.25) is 29.5 Å². The second kappa shape index (κ2) is 16.0. The smallest absolute Gasteiger partial charge is 0.305 e. The Kier molecular flexibility index (Phi) is 12.1. The molecule has 1 heterocycles. The number of aromatic amines is 1. The lowest BCUT2D eigenvalue weighted by Crippen LogP contribution is -2.58. The van der Waals surface area contributed by atoms with Crippen molar-refractivity contribution < 1.29 is 38.8 Å². The molecule has 3 aromatic rings. The Morgan fingerprint density at radius 1 is 0.830 bits per heavy atom. The van der Waals surface area contributed by atoms with Crippen molar-refractivity contribution in [2.45, 2.75) is 64.7 Å². The van der Waals surface area contributed by atoms with E-state index in [4.69, 9.17) is 0 Å². The first-order valence-electron chi connectivity index (χ1n) is 14.7. The summed E-state index contributed by atoms with van der Waals surface area (Å²) in [4.78, 5) is 89.1. The van der Waals surface area contributed by atoms with Crippen LogP contribution in [0.1, 0.15) is 39.7 Å². The van der Waals surface area contributed by atoms with Gasteiger partial charge in [-0.05, 0) is 36.6 Å². The largest absolute Gasteiger partial charge is 0.481 e. The highest BCUT2D eigenvalue weighted by Crippen LogP contribution is 2.20. The Balaban J connectivity index is 1.67. The van der Waals surface area contributed by atoms with Gasteiger partial charge in [-0.1, -0.05) is 32.0 Å². The van der Waals surface area contributed by atoms with Gasteiger partial charge in [-0.25, -0.2) is 0 Å². The molecule has 0 fully saturated rings. The Bertz CT molecular complexity index is 1650. The molecule has 0 aliphatic heterocycles. The third-order valence-electron chi connectivity index (χ3n) is 7.15. The van der Waals surface area contributed by atoms with E-state index in [1.54, 1.807) is 20.0 Å². The number of carbonyl (C=O) groups is 6. The van der Waals surface area contributed by atoms with E-state index < -0.39 is 76.9 Å². The number of amides is 5. The van der Waals surface area contributed by atoms with Crippen molar-refractivity contribution in [2.75, 3.05) is 5.32 Å². The van der Waals surface area contributed by atoms with Gasteiger partial charge in [0.1, 0.15) is 24.2 Å². The number of benzene rings is 2. The van der Waals surface area contributed by atoms with Crippen molar-refractivity contribution >= 4 is 57.8 Å². The highest BCUT2D eigenvalue weighted by molar-refractivity contribution is 6.00. The maximum Gasteiger partial charge on any atom is 0.305 e. The summed E-state index contributed by atoms with van der Waals surface area (Å²) < 4.78 is 0. The van der Waals surface area contributed by atoms with Crippen molar-refractivity contribution in [1.82, 2.24) is 26.3 Å². The van der Waals surface area contributed by atoms with Gasteiger partial charge in [0.25, 0.3) is 5.69 Å². The number of nitrogens with one attached hydrogen (secondary N) is 6. The minimum atomic E-state index is -1.56. The molecule has 7 N–H and O–H groups in total. The van der Waals surface area contributed by atoms with Crippen LogP contribution < -0.4 is 26.6 Å². The van der Waals surface area contributed by atoms with Crippen LogP contribution in [0, 0.1) is 16.0 Å². The summed E-state index contributed by atoms with van der Waals surface area (Å²) >= 11 is 0. The van der Waals surface area contributed by atoms with Crippen LogP contribution >= 0.6 is 0 Å². The first-order valence-corrected chi connectivity index (χ1v) is 14.7. The van der Waals surface area contributed by atoms with Crippen LogP contribution in [0.4, 0.5) is 11.4 Å². The molecule has 0 aliphatic carbocycles. The Labute approximate surface area is 269 Å². The predicted molar refractivity (Wildman–Crippen MR) is 170 cm³/mol. The summed E-state index contributed by atoms with van der Waals surface area (Å²) in [5, 5.41) is 33.5. The number of H-pyrrole nitrogens is 1. The van der Waals surface area contributed by atoms with Crippen molar-refractivity contribution in [3.05, 3.63) is 70.4 Å². The molecule has 4 unspecified atom stereocenters. The number of hydrogen-bond donors (Lipinski definition) is 7. The summed E-state index contributed by atoms with van der Waals surface area (Å²) in [7, 11) is 0.